The molecular formula is C27H22F3NO6. The van der Waals surface area contributed by atoms with Gasteiger partial charge in [-0.15, -0.1) is 0 Å². The third-order valence-corrected chi connectivity index (χ3v) is 7.21. The summed E-state index contributed by atoms with van der Waals surface area (Å²) in [5.74, 6) is -3.44. The van der Waals surface area contributed by atoms with Crippen LogP contribution in [0.3, 0.4) is 0 Å². The predicted molar refractivity (Wildman–Crippen MR) is 123 cm³/mol. The van der Waals surface area contributed by atoms with Crippen LogP contribution in [0.4, 0.5) is 13.2 Å². The van der Waals surface area contributed by atoms with Crippen molar-refractivity contribution in [3.05, 3.63) is 89.2 Å². The highest BCUT2D eigenvalue weighted by atomic mass is 19.4. The van der Waals surface area contributed by atoms with Crippen molar-refractivity contribution in [2.24, 2.45) is 5.92 Å². The number of rotatable bonds is 5. The van der Waals surface area contributed by atoms with Crippen LogP contribution in [-0.2, 0) is 31.7 Å². The number of esters is 1. The summed E-state index contributed by atoms with van der Waals surface area (Å²) in [4.78, 5) is 30.7. The van der Waals surface area contributed by atoms with Crippen molar-refractivity contribution in [1.82, 2.24) is 4.98 Å². The van der Waals surface area contributed by atoms with E-state index in [1.807, 2.05) is 0 Å². The molecule has 5 rings (SSSR count). The van der Waals surface area contributed by atoms with E-state index in [9.17, 15) is 27.9 Å². The van der Waals surface area contributed by atoms with Gasteiger partial charge in [0.05, 0.1) is 44.2 Å². The third kappa shape index (κ3) is 3.42. The Bertz CT molecular complexity index is 1360. The number of halogens is 3. The minimum atomic E-state index is -4.60. The highest BCUT2D eigenvalue weighted by Gasteiger charge is 2.77. The average Bonchev–Trinajstić information content (AvgIpc) is 3.27. The molecule has 2 aliphatic rings. The van der Waals surface area contributed by atoms with Crippen LogP contribution in [0, 0.1) is 5.92 Å². The average molecular weight is 513 g/mol. The Morgan fingerprint density at radius 3 is 2.35 bits per heavy atom. The number of ether oxygens (including phenoxy) is 3. The van der Waals surface area contributed by atoms with Crippen LogP contribution in [-0.4, -0.2) is 36.1 Å². The maximum absolute atomic E-state index is 14.2. The summed E-state index contributed by atoms with van der Waals surface area (Å²) in [6.45, 7) is 0. The number of benzene rings is 2. The van der Waals surface area contributed by atoms with Crippen molar-refractivity contribution in [3.63, 3.8) is 0 Å². The standard InChI is InChI=1S/C27H22F3NO6/c1-35-19-13-31-14-20-23(19)25(34)24(33)18(12-21(32)36-2)22(15-6-4-3-5-7-15)26(25,37-20)16-8-10-17(11-9-16)27(28,29)30/h3-11,13-14,18,22,34H,12H2,1-2H3/t18-,22-,25+,26+/m1/s1. The normalized spacial score (nSPS) is 26.3. The lowest BCUT2D eigenvalue weighted by atomic mass is 9.70. The fourth-order valence-corrected chi connectivity index (χ4v) is 5.70. The van der Waals surface area contributed by atoms with Gasteiger partial charge in [0.25, 0.3) is 0 Å². The first kappa shape index (κ1) is 24.8. The van der Waals surface area contributed by atoms with Crippen LogP contribution in [0.15, 0.2) is 67.0 Å². The maximum Gasteiger partial charge on any atom is 0.416 e. The molecule has 0 amide bonds. The number of nitrogens with zero attached hydrogens (tertiary/aromatic N) is 1. The van der Waals surface area contributed by atoms with Gasteiger partial charge < -0.3 is 19.3 Å². The molecule has 0 unspecified atom stereocenters. The van der Waals surface area contributed by atoms with Gasteiger partial charge in [-0.05, 0) is 23.3 Å². The van der Waals surface area contributed by atoms with Gasteiger partial charge in [0.2, 0.25) is 5.60 Å². The minimum Gasteiger partial charge on any atom is -0.495 e. The number of aliphatic hydroxyl groups is 1. The van der Waals surface area contributed by atoms with E-state index in [0.29, 0.717) is 5.56 Å². The Kier molecular flexibility index (Phi) is 5.74. The van der Waals surface area contributed by atoms with Gasteiger partial charge in [-0.2, -0.15) is 13.2 Å². The quantitative estimate of drug-likeness (QED) is 0.513. The molecule has 7 nitrogen and oxygen atoms in total. The molecular weight excluding hydrogens is 491 g/mol. The molecule has 0 radical (unpaired) electrons. The van der Waals surface area contributed by atoms with E-state index in [4.69, 9.17) is 14.2 Å². The fourth-order valence-electron chi connectivity index (χ4n) is 5.70. The number of alkyl halides is 3. The van der Waals surface area contributed by atoms with Gasteiger partial charge in [-0.25, -0.2) is 0 Å². The topological polar surface area (TPSA) is 95.0 Å². The van der Waals surface area contributed by atoms with E-state index in [2.05, 4.69) is 4.98 Å². The van der Waals surface area contributed by atoms with E-state index in [-0.39, 0.29) is 29.0 Å². The molecule has 3 aromatic rings. The number of pyridine rings is 1. The van der Waals surface area contributed by atoms with Crippen molar-refractivity contribution in [2.45, 2.75) is 29.7 Å². The van der Waals surface area contributed by atoms with Gasteiger partial charge in [0.15, 0.2) is 11.4 Å². The largest absolute Gasteiger partial charge is 0.495 e. The Balaban J connectivity index is 1.84. The number of ketones is 1. The van der Waals surface area contributed by atoms with Gasteiger partial charge in [0, 0.05) is 11.8 Å². The van der Waals surface area contributed by atoms with Crippen LogP contribution in [0.5, 0.6) is 11.5 Å². The summed E-state index contributed by atoms with van der Waals surface area (Å²) in [7, 11) is 2.51. The number of fused-ring (bicyclic) bond motifs is 3. The van der Waals surface area contributed by atoms with E-state index >= 15 is 0 Å². The Morgan fingerprint density at radius 2 is 1.76 bits per heavy atom. The number of carbonyl (C=O) groups is 2. The highest BCUT2D eigenvalue weighted by molar-refractivity contribution is 6.00. The fraction of sp³-hybridized carbons (Fsp3) is 0.296. The minimum absolute atomic E-state index is 0.00296. The highest BCUT2D eigenvalue weighted by Crippen LogP contribution is 2.68. The zero-order valence-electron chi connectivity index (χ0n) is 19.8. The first-order valence-corrected chi connectivity index (χ1v) is 11.4. The number of Topliss-reactive ketones (excluding diaryl/α,β-unsaturated/α-hetero) is 1. The summed E-state index contributed by atoms with van der Waals surface area (Å²) in [6.07, 6.45) is -2.37. The first-order chi connectivity index (χ1) is 17.6. The molecule has 0 spiro atoms. The van der Waals surface area contributed by atoms with Crippen molar-refractivity contribution in [2.75, 3.05) is 14.2 Å². The van der Waals surface area contributed by atoms with E-state index in [0.717, 1.165) is 12.1 Å². The van der Waals surface area contributed by atoms with Crippen LogP contribution in [0.25, 0.3) is 0 Å². The molecule has 1 fully saturated rings. The first-order valence-electron chi connectivity index (χ1n) is 11.4. The molecule has 2 heterocycles. The van der Waals surface area contributed by atoms with Gasteiger partial charge >= 0.3 is 12.1 Å². The molecule has 1 aliphatic heterocycles. The molecule has 1 aliphatic carbocycles. The molecule has 192 valence electrons. The van der Waals surface area contributed by atoms with Crippen LogP contribution in [0.2, 0.25) is 0 Å². The maximum atomic E-state index is 14.2. The zero-order valence-corrected chi connectivity index (χ0v) is 19.8. The SMILES string of the molecule is COC(=O)C[C@H]1C(=O)[C@@]2(O)c3c(OC)cncc3O[C@@]2(c2ccc(C(F)(F)F)cc2)[C@@H]1c1ccccc1. The van der Waals surface area contributed by atoms with Gasteiger partial charge in [-0.1, -0.05) is 42.5 Å². The molecule has 2 aromatic carbocycles. The molecule has 37 heavy (non-hydrogen) atoms. The second kappa shape index (κ2) is 8.58. The Hall–Kier alpha value is -3.92. The molecule has 1 N–H and O–H groups in total. The molecule has 1 aromatic heterocycles. The molecule has 0 saturated heterocycles. The summed E-state index contributed by atoms with van der Waals surface area (Å²) >= 11 is 0. The lowest BCUT2D eigenvalue weighted by molar-refractivity contribution is -0.153. The van der Waals surface area contributed by atoms with Crippen molar-refractivity contribution < 1.29 is 42.1 Å². The number of hydrogen-bond donors (Lipinski definition) is 1. The second-order valence-corrected chi connectivity index (χ2v) is 8.98. The molecule has 10 heteroatoms. The van der Waals surface area contributed by atoms with Crippen LogP contribution in [0.1, 0.15) is 34.6 Å². The lowest BCUT2D eigenvalue weighted by Gasteiger charge is -2.39. The van der Waals surface area contributed by atoms with Gasteiger partial charge in [-0.3, -0.25) is 14.6 Å². The zero-order chi connectivity index (χ0) is 26.6. The monoisotopic (exact) mass is 513 g/mol. The molecule has 4 atom stereocenters. The van der Waals surface area contributed by atoms with Crippen molar-refractivity contribution in [3.8, 4) is 11.5 Å². The number of hydrogen-bond acceptors (Lipinski definition) is 7. The summed E-state index contributed by atoms with van der Waals surface area (Å²) in [6, 6.07) is 12.7. The van der Waals surface area contributed by atoms with E-state index in [1.54, 1.807) is 30.3 Å². The summed E-state index contributed by atoms with van der Waals surface area (Å²) in [5.41, 5.74) is -4.60. The van der Waals surface area contributed by atoms with Crippen molar-refractivity contribution in [1.29, 1.82) is 0 Å². The van der Waals surface area contributed by atoms with Crippen molar-refractivity contribution >= 4 is 11.8 Å². The van der Waals surface area contributed by atoms with Gasteiger partial charge in [0.1, 0.15) is 11.5 Å². The molecule has 1 saturated carbocycles. The van der Waals surface area contributed by atoms with Crippen LogP contribution >= 0.6 is 0 Å². The summed E-state index contributed by atoms with van der Waals surface area (Å²) < 4.78 is 56.8. The Labute approximate surface area is 209 Å². The molecule has 0 bridgehead atoms. The Morgan fingerprint density at radius 1 is 1.08 bits per heavy atom. The lowest BCUT2D eigenvalue weighted by Crippen LogP contribution is -2.50. The smallest absolute Gasteiger partial charge is 0.416 e. The third-order valence-electron chi connectivity index (χ3n) is 7.21. The van der Waals surface area contributed by atoms with E-state index in [1.165, 1.54) is 38.7 Å². The number of methoxy groups -OCH3 is 2. The van der Waals surface area contributed by atoms with E-state index < -0.39 is 46.5 Å². The predicted octanol–water partition coefficient (Wildman–Crippen LogP) is 4.13. The van der Waals surface area contributed by atoms with Crippen LogP contribution < -0.4 is 9.47 Å². The summed E-state index contributed by atoms with van der Waals surface area (Å²) in [5, 5.41) is 12.4. The number of aromatic nitrogens is 1. The number of carbonyl (C=O) groups excluding carboxylic acids is 2. The second-order valence-electron chi connectivity index (χ2n) is 8.98.